The molecule has 2 aliphatic rings. The molecule has 1 aliphatic heterocycles. The van der Waals surface area contributed by atoms with Gasteiger partial charge in [-0.05, 0) is 46.0 Å². The summed E-state index contributed by atoms with van der Waals surface area (Å²) in [6.45, 7) is 6.49. The third-order valence-corrected chi connectivity index (χ3v) is 5.96. The van der Waals surface area contributed by atoms with Gasteiger partial charge in [-0.1, -0.05) is 12.8 Å². The van der Waals surface area contributed by atoms with Gasteiger partial charge in [-0.25, -0.2) is 4.79 Å². The maximum atomic E-state index is 12.4. The molecule has 1 heterocycles. The van der Waals surface area contributed by atoms with Crippen LogP contribution in [-0.2, 0) is 0 Å². The topological polar surface area (TPSA) is 52.6 Å². The van der Waals surface area contributed by atoms with E-state index >= 15 is 0 Å². The highest BCUT2D eigenvalue weighted by atomic mass is 32.2. The van der Waals surface area contributed by atoms with E-state index in [2.05, 4.69) is 17.1 Å². The molecule has 4 nitrogen and oxygen atoms in total. The Morgan fingerprint density at radius 2 is 2.10 bits per heavy atom. The quantitative estimate of drug-likeness (QED) is 0.767. The number of amides is 2. The van der Waals surface area contributed by atoms with Crippen LogP contribution in [0, 0.1) is 5.92 Å². The van der Waals surface area contributed by atoms with Gasteiger partial charge in [-0.15, -0.1) is 0 Å². The Balaban J connectivity index is 1.72. The normalized spacial score (nSPS) is 29.3. The van der Waals surface area contributed by atoms with E-state index in [9.17, 15) is 9.90 Å². The Morgan fingerprint density at radius 1 is 1.38 bits per heavy atom. The van der Waals surface area contributed by atoms with Gasteiger partial charge in [0.2, 0.25) is 0 Å². The molecule has 2 rings (SSSR count). The Labute approximate surface area is 133 Å². The van der Waals surface area contributed by atoms with Gasteiger partial charge < -0.3 is 15.3 Å². The Kier molecular flexibility index (Phi) is 5.83. The fraction of sp³-hybridized carbons (Fsp3) is 0.938. The smallest absolute Gasteiger partial charge is 0.317 e. The maximum Gasteiger partial charge on any atom is 0.317 e. The Morgan fingerprint density at radius 3 is 2.81 bits per heavy atom. The number of nitrogens with zero attached hydrogens (tertiary/aromatic N) is 1. The lowest BCUT2D eigenvalue weighted by Gasteiger charge is -2.33. The van der Waals surface area contributed by atoms with E-state index in [-0.39, 0.29) is 6.03 Å². The van der Waals surface area contributed by atoms with Crippen LogP contribution >= 0.6 is 11.8 Å². The number of carbonyl (C=O) groups is 1. The van der Waals surface area contributed by atoms with Gasteiger partial charge >= 0.3 is 6.03 Å². The molecule has 0 radical (unpaired) electrons. The first kappa shape index (κ1) is 16.9. The monoisotopic (exact) mass is 314 g/mol. The molecule has 2 fully saturated rings. The van der Waals surface area contributed by atoms with Crippen molar-refractivity contribution in [3.63, 3.8) is 0 Å². The van der Waals surface area contributed by atoms with Crippen molar-refractivity contribution in [1.82, 2.24) is 10.2 Å². The van der Waals surface area contributed by atoms with Crippen LogP contribution in [0.25, 0.3) is 0 Å². The summed E-state index contributed by atoms with van der Waals surface area (Å²) in [6.07, 6.45) is 6.23. The van der Waals surface area contributed by atoms with Gasteiger partial charge in [0.25, 0.3) is 0 Å². The highest BCUT2D eigenvalue weighted by Crippen LogP contribution is 2.39. The molecule has 0 bridgehead atoms. The molecule has 2 N–H and O–H groups in total. The van der Waals surface area contributed by atoms with E-state index < -0.39 is 5.60 Å². The Bertz CT molecular complexity index is 357. The summed E-state index contributed by atoms with van der Waals surface area (Å²) >= 11 is 1.69. The van der Waals surface area contributed by atoms with E-state index in [0.29, 0.717) is 24.4 Å². The molecule has 21 heavy (non-hydrogen) atoms. The molecule has 0 aromatic heterocycles. The molecule has 2 amide bonds. The number of thioether (sulfide) groups is 1. The van der Waals surface area contributed by atoms with E-state index in [4.69, 9.17) is 0 Å². The summed E-state index contributed by atoms with van der Waals surface area (Å²) in [4.78, 5) is 14.5. The molecule has 3 atom stereocenters. The number of carbonyl (C=O) groups excluding carboxylic acids is 1. The third-order valence-electron chi connectivity index (χ3n) is 4.56. The predicted octanol–water partition coefficient (Wildman–Crippen LogP) is 2.85. The van der Waals surface area contributed by atoms with Crippen molar-refractivity contribution in [1.29, 1.82) is 0 Å². The molecule has 0 aromatic rings. The van der Waals surface area contributed by atoms with Crippen LogP contribution in [0.5, 0.6) is 0 Å². The highest BCUT2D eigenvalue weighted by Gasteiger charge is 2.42. The number of aliphatic hydroxyl groups is 1. The third kappa shape index (κ3) is 4.78. The molecule has 0 unspecified atom stereocenters. The van der Waals surface area contributed by atoms with Crippen molar-refractivity contribution in [2.24, 2.45) is 5.92 Å². The van der Waals surface area contributed by atoms with Crippen LogP contribution in [0.15, 0.2) is 0 Å². The number of likely N-dealkylation sites (tertiary alicyclic amines) is 1. The molecule has 1 saturated heterocycles. The van der Waals surface area contributed by atoms with Crippen LogP contribution in [0.2, 0.25) is 0 Å². The first-order chi connectivity index (χ1) is 9.88. The second kappa shape index (κ2) is 7.23. The number of nitrogens with one attached hydrogen (secondary N) is 1. The fourth-order valence-electron chi connectivity index (χ4n) is 3.70. The van der Waals surface area contributed by atoms with Crippen LogP contribution in [0.3, 0.4) is 0 Å². The van der Waals surface area contributed by atoms with Crippen molar-refractivity contribution in [2.75, 3.05) is 18.1 Å². The second-order valence-corrected chi connectivity index (χ2v) is 8.31. The summed E-state index contributed by atoms with van der Waals surface area (Å²) < 4.78 is 0. The molecule has 0 spiro atoms. The zero-order chi connectivity index (χ0) is 15.5. The van der Waals surface area contributed by atoms with Gasteiger partial charge in [-0.2, -0.15) is 11.8 Å². The van der Waals surface area contributed by atoms with E-state index in [1.165, 1.54) is 32.1 Å². The largest absolute Gasteiger partial charge is 0.390 e. The molecular weight excluding hydrogens is 284 g/mol. The minimum atomic E-state index is -0.631. The van der Waals surface area contributed by atoms with E-state index in [0.717, 1.165) is 11.7 Å². The summed E-state index contributed by atoms with van der Waals surface area (Å²) in [5.41, 5.74) is -0.631. The average molecular weight is 314 g/mol. The average Bonchev–Trinajstić information content (AvgIpc) is 2.72. The molecular formula is C16H30N2O2S. The highest BCUT2D eigenvalue weighted by molar-refractivity contribution is 7.99. The standard InChI is InChI=1S/C16H30N2O2S/c1-12-10-13-6-4-5-7-14(13)18(12)15(19)17-8-9-21-11-16(2,3)20/h12-14,20H,4-11H2,1-3H3,(H,17,19)/t12-,13+,14+/m1/s1. The fourth-order valence-corrected chi connectivity index (χ4v) is 4.59. The first-order valence-electron chi connectivity index (χ1n) is 8.25. The van der Waals surface area contributed by atoms with Crippen molar-refractivity contribution >= 4 is 17.8 Å². The summed E-state index contributed by atoms with van der Waals surface area (Å²) in [7, 11) is 0. The zero-order valence-corrected chi connectivity index (χ0v) is 14.4. The van der Waals surface area contributed by atoms with Crippen molar-refractivity contribution in [3.8, 4) is 0 Å². The number of rotatable bonds is 5. The molecule has 5 heteroatoms. The number of hydrogen-bond acceptors (Lipinski definition) is 3. The lowest BCUT2D eigenvalue weighted by atomic mass is 9.85. The van der Waals surface area contributed by atoms with E-state index in [1.54, 1.807) is 11.8 Å². The van der Waals surface area contributed by atoms with Gasteiger partial charge in [-0.3, -0.25) is 0 Å². The van der Waals surface area contributed by atoms with Crippen LogP contribution < -0.4 is 5.32 Å². The first-order valence-corrected chi connectivity index (χ1v) is 9.40. The predicted molar refractivity (Wildman–Crippen MR) is 88.7 cm³/mol. The molecule has 1 saturated carbocycles. The van der Waals surface area contributed by atoms with Gasteiger partial charge in [0.15, 0.2) is 0 Å². The van der Waals surface area contributed by atoms with Crippen LogP contribution in [0.4, 0.5) is 4.79 Å². The summed E-state index contributed by atoms with van der Waals surface area (Å²) in [5.74, 6) is 2.28. The molecule has 1 aliphatic carbocycles. The van der Waals surface area contributed by atoms with Crippen molar-refractivity contribution < 1.29 is 9.90 Å². The molecule has 122 valence electrons. The van der Waals surface area contributed by atoms with Gasteiger partial charge in [0, 0.05) is 30.1 Å². The number of hydrogen-bond donors (Lipinski definition) is 2. The SMILES string of the molecule is C[C@@H]1C[C@@H]2CCCC[C@@H]2N1C(=O)NCCSCC(C)(C)O. The van der Waals surface area contributed by atoms with Crippen LogP contribution in [-0.4, -0.2) is 51.8 Å². The minimum Gasteiger partial charge on any atom is -0.390 e. The lowest BCUT2D eigenvalue weighted by Crippen LogP contribution is -2.48. The Hall–Kier alpha value is -0.420. The van der Waals surface area contributed by atoms with Crippen molar-refractivity contribution in [2.45, 2.75) is 70.6 Å². The van der Waals surface area contributed by atoms with Gasteiger partial charge in [0.1, 0.15) is 0 Å². The summed E-state index contributed by atoms with van der Waals surface area (Å²) in [6, 6.07) is 0.959. The minimum absolute atomic E-state index is 0.112. The zero-order valence-electron chi connectivity index (χ0n) is 13.6. The van der Waals surface area contributed by atoms with Crippen molar-refractivity contribution in [3.05, 3.63) is 0 Å². The van der Waals surface area contributed by atoms with E-state index in [1.807, 2.05) is 13.8 Å². The lowest BCUT2D eigenvalue weighted by molar-refractivity contribution is 0.107. The second-order valence-electron chi connectivity index (χ2n) is 7.20. The van der Waals surface area contributed by atoms with Crippen LogP contribution in [0.1, 0.15) is 52.9 Å². The molecule has 0 aromatic carbocycles. The summed E-state index contributed by atoms with van der Waals surface area (Å²) in [5, 5.41) is 12.7. The maximum absolute atomic E-state index is 12.4. The number of urea groups is 1. The number of fused-ring (bicyclic) bond motifs is 1. The van der Waals surface area contributed by atoms with Gasteiger partial charge in [0.05, 0.1) is 5.60 Å².